The molecule has 2 aliphatic rings. The average Bonchev–Trinajstić information content (AvgIpc) is 2.47. The van der Waals surface area contributed by atoms with Crippen LogP contribution in [0.15, 0.2) is 0 Å². The monoisotopic (exact) mass is 169 g/mol. The highest BCUT2D eigenvalue weighted by atomic mass is 15.5. The second-order valence-corrected chi connectivity index (χ2v) is 4.06. The lowest BCUT2D eigenvalue weighted by Crippen LogP contribution is -2.51. The van der Waals surface area contributed by atoms with Crippen LogP contribution in [-0.2, 0) is 0 Å². The second-order valence-electron chi connectivity index (χ2n) is 4.06. The van der Waals surface area contributed by atoms with Crippen molar-refractivity contribution in [3.63, 3.8) is 0 Å². The third-order valence-electron chi connectivity index (χ3n) is 3.46. The maximum Gasteiger partial charge on any atom is 0.0289 e. The summed E-state index contributed by atoms with van der Waals surface area (Å²) in [6.07, 6.45) is 2.79. The van der Waals surface area contributed by atoms with Crippen molar-refractivity contribution in [2.75, 3.05) is 33.7 Å². The van der Waals surface area contributed by atoms with E-state index in [4.69, 9.17) is 0 Å². The minimum atomic E-state index is 0.811. The first-order valence-electron chi connectivity index (χ1n) is 4.94. The predicted molar refractivity (Wildman–Crippen MR) is 49.8 cm³/mol. The molecule has 3 nitrogen and oxygen atoms in total. The van der Waals surface area contributed by atoms with E-state index in [1.807, 2.05) is 7.05 Å². The highest BCUT2D eigenvalue weighted by Gasteiger charge is 2.35. The van der Waals surface area contributed by atoms with Crippen LogP contribution in [0, 0.1) is 5.92 Å². The molecule has 70 valence electrons. The lowest BCUT2D eigenvalue weighted by molar-refractivity contribution is 0.0857. The van der Waals surface area contributed by atoms with Gasteiger partial charge in [0.15, 0.2) is 0 Å². The molecule has 12 heavy (non-hydrogen) atoms. The molecule has 2 aliphatic heterocycles. The zero-order valence-electron chi connectivity index (χ0n) is 8.08. The third kappa shape index (κ3) is 1.37. The van der Waals surface area contributed by atoms with E-state index in [9.17, 15) is 0 Å². The molecule has 0 radical (unpaired) electrons. The molecule has 2 rings (SSSR count). The Morgan fingerprint density at radius 1 is 1.25 bits per heavy atom. The van der Waals surface area contributed by atoms with E-state index in [0.29, 0.717) is 0 Å². The third-order valence-corrected chi connectivity index (χ3v) is 3.46. The summed E-state index contributed by atoms with van der Waals surface area (Å²) in [6.45, 7) is 3.73. The Balaban J connectivity index is 1.97. The Hall–Kier alpha value is -0.120. The van der Waals surface area contributed by atoms with Crippen molar-refractivity contribution in [1.82, 2.24) is 15.3 Å². The standard InChI is InChI=1S/C9H19N3/c1-10-12-6-4-8-3-5-11(2)9(8)7-12/h8-10H,3-7H2,1-2H3. The Kier molecular flexibility index (Phi) is 2.35. The van der Waals surface area contributed by atoms with Gasteiger partial charge in [0.25, 0.3) is 0 Å². The molecule has 0 saturated carbocycles. The highest BCUT2D eigenvalue weighted by molar-refractivity contribution is 4.90. The maximum absolute atomic E-state index is 3.24. The fourth-order valence-electron chi connectivity index (χ4n) is 2.55. The summed E-state index contributed by atoms with van der Waals surface area (Å²) in [7, 11) is 4.28. The normalized spacial score (nSPS) is 38.5. The predicted octanol–water partition coefficient (Wildman–Crippen LogP) is 0.147. The number of nitrogens with zero attached hydrogens (tertiary/aromatic N) is 2. The fourth-order valence-corrected chi connectivity index (χ4v) is 2.55. The number of rotatable bonds is 1. The fraction of sp³-hybridized carbons (Fsp3) is 1.00. The van der Waals surface area contributed by atoms with Crippen LogP contribution < -0.4 is 5.43 Å². The van der Waals surface area contributed by atoms with Crippen LogP contribution in [0.2, 0.25) is 0 Å². The largest absolute Gasteiger partial charge is 0.302 e. The molecule has 1 N–H and O–H groups in total. The number of hydrogen-bond donors (Lipinski definition) is 1. The minimum absolute atomic E-state index is 0.811. The smallest absolute Gasteiger partial charge is 0.0289 e. The molecule has 0 aromatic rings. The van der Waals surface area contributed by atoms with Crippen LogP contribution in [0.1, 0.15) is 12.8 Å². The lowest BCUT2D eigenvalue weighted by atomic mass is 9.93. The summed E-state index contributed by atoms with van der Waals surface area (Å²) in [6, 6.07) is 0.811. The summed E-state index contributed by atoms with van der Waals surface area (Å²) in [5.74, 6) is 0.972. The molecule has 3 heteroatoms. The van der Waals surface area contributed by atoms with E-state index in [2.05, 4.69) is 22.4 Å². The molecule has 0 amide bonds. The molecular formula is C9H19N3. The van der Waals surface area contributed by atoms with E-state index in [1.165, 1.54) is 32.5 Å². The molecule has 0 bridgehead atoms. The molecule has 2 heterocycles. The first-order valence-corrected chi connectivity index (χ1v) is 4.94. The molecule has 0 aromatic heterocycles. The van der Waals surface area contributed by atoms with Gasteiger partial charge in [-0.1, -0.05) is 0 Å². The maximum atomic E-state index is 3.24. The van der Waals surface area contributed by atoms with Crippen molar-refractivity contribution in [3.8, 4) is 0 Å². The van der Waals surface area contributed by atoms with Crippen LogP contribution in [0.5, 0.6) is 0 Å². The van der Waals surface area contributed by atoms with Crippen molar-refractivity contribution < 1.29 is 0 Å². The second kappa shape index (κ2) is 3.32. The summed E-state index contributed by atoms with van der Waals surface area (Å²) in [4.78, 5) is 2.51. The van der Waals surface area contributed by atoms with E-state index in [1.54, 1.807) is 0 Å². The number of hydrazine groups is 1. The molecule has 0 spiro atoms. The Labute approximate surface area is 74.7 Å². The van der Waals surface area contributed by atoms with E-state index < -0.39 is 0 Å². The molecule has 2 saturated heterocycles. The Bertz CT molecular complexity index is 160. The van der Waals surface area contributed by atoms with Crippen LogP contribution in [0.3, 0.4) is 0 Å². The summed E-state index contributed by atoms with van der Waals surface area (Å²) < 4.78 is 0. The summed E-state index contributed by atoms with van der Waals surface area (Å²) >= 11 is 0. The van der Waals surface area contributed by atoms with Gasteiger partial charge in [0.2, 0.25) is 0 Å². The van der Waals surface area contributed by atoms with Gasteiger partial charge in [-0.3, -0.25) is 5.43 Å². The van der Waals surface area contributed by atoms with Gasteiger partial charge in [0.05, 0.1) is 0 Å². The average molecular weight is 169 g/mol. The Morgan fingerprint density at radius 2 is 2.00 bits per heavy atom. The van der Waals surface area contributed by atoms with Crippen molar-refractivity contribution in [2.24, 2.45) is 5.92 Å². The topological polar surface area (TPSA) is 18.5 Å². The van der Waals surface area contributed by atoms with Gasteiger partial charge < -0.3 is 4.90 Å². The van der Waals surface area contributed by atoms with E-state index in [-0.39, 0.29) is 0 Å². The number of likely N-dealkylation sites (N-methyl/N-ethyl adjacent to an activating group) is 1. The molecule has 2 atom stereocenters. The van der Waals surface area contributed by atoms with Gasteiger partial charge in [0, 0.05) is 19.1 Å². The molecule has 0 aliphatic carbocycles. The van der Waals surface area contributed by atoms with Crippen LogP contribution in [0.4, 0.5) is 0 Å². The van der Waals surface area contributed by atoms with Gasteiger partial charge in [0.1, 0.15) is 0 Å². The van der Waals surface area contributed by atoms with Gasteiger partial charge in [-0.2, -0.15) is 0 Å². The summed E-state index contributed by atoms with van der Waals surface area (Å²) in [5, 5.41) is 2.34. The SMILES string of the molecule is CNN1CCC2CCN(C)C2C1. The number of nitrogens with one attached hydrogen (secondary N) is 1. The first kappa shape index (κ1) is 8.48. The van der Waals surface area contributed by atoms with E-state index >= 15 is 0 Å². The van der Waals surface area contributed by atoms with Crippen molar-refractivity contribution >= 4 is 0 Å². The highest BCUT2D eigenvalue weighted by Crippen LogP contribution is 2.29. The Morgan fingerprint density at radius 3 is 2.75 bits per heavy atom. The minimum Gasteiger partial charge on any atom is -0.302 e. The number of fused-ring (bicyclic) bond motifs is 1. The van der Waals surface area contributed by atoms with Crippen LogP contribution in [0.25, 0.3) is 0 Å². The van der Waals surface area contributed by atoms with Crippen molar-refractivity contribution in [1.29, 1.82) is 0 Å². The number of likely N-dealkylation sites (tertiary alicyclic amines) is 1. The van der Waals surface area contributed by atoms with Gasteiger partial charge in [-0.15, -0.1) is 0 Å². The van der Waals surface area contributed by atoms with E-state index in [0.717, 1.165) is 12.0 Å². The van der Waals surface area contributed by atoms with Gasteiger partial charge >= 0.3 is 0 Å². The molecule has 0 aromatic carbocycles. The zero-order chi connectivity index (χ0) is 8.55. The van der Waals surface area contributed by atoms with Crippen molar-refractivity contribution in [2.45, 2.75) is 18.9 Å². The lowest BCUT2D eigenvalue weighted by Gasteiger charge is -2.36. The molecule has 2 fully saturated rings. The first-order chi connectivity index (χ1) is 5.81. The quantitative estimate of drug-likeness (QED) is 0.602. The number of piperidine rings is 1. The molecule has 2 unspecified atom stereocenters. The molecular weight excluding hydrogens is 150 g/mol. The van der Waals surface area contributed by atoms with Crippen LogP contribution >= 0.6 is 0 Å². The zero-order valence-corrected chi connectivity index (χ0v) is 8.08. The van der Waals surface area contributed by atoms with Gasteiger partial charge in [-0.05, 0) is 39.4 Å². The number of hydrogen-bond acceptors (Lipinski definition) is 3. The van der Waals surface area contributed by atoms with Crippen molar-refractivity contribution in [3.05, 3.63) is 0 Å². The van der Waals surface area contributed by atoms with Gasteiger partial charge in [-0.25, -0.2) is 5.01 Å². The summed E-state index contributed by atoms with van der Waals surface area (Å²) in [5.41, 5.74) is 3.24. The van der Waals surface area contributed by atoms with Crippen LogP contribution in [-0.4, -0.2) is 49.7 Å².